The molecule has 116 heavy (non-hydrogen) atoms. The highest BCUT2D eigenvalue weighted by Crippen LogP contribution is 2.51. The van der Waals surface area contributed by atoms with Crippen LogP contribution in [-0.4, -0.2) is 66.8 Å². The van der Waals surface area contributed by atoms with Crippen molar-refractivity contribution in [2.75, 3.05) is 6.61 Å². The second-order valence-electron chi connectivity index (χ2n) is 45.8. The van der Waals surface area contributed by atoms with Crippen LogP contribution < -0.4 is 4.74 Å². The number of benzene rings is 2. The van der Waals surface area contributed by atoms with Crippen molar-refractivity contribution in [3.05, 3.63) is 64.7 Å². The first-order valence-corrected chi connectivity index (χ1v) is 45.8. The lowest BCUT2D eigenvalue weighted by atomic mass is 9.58. The molecule has 12 heteroatoms. The van der Waals surface area contributed by atoms with E-state index < -0.39 is 5.41 Å². The Morgan fingerprint density at radius 2 is 0.741 bits per heavy atom. The Hall–Kier alpha value is -4.74. The van der Waals surface area contributed by atoms with Gasteiger partial charge in [0.25, 0.3) is 0 Å². The summed E-state index contributed by atoms with van der Waals surface area (Å²) in [5.74, 6) is 4.47. The maximum atomic E-state index is 12.6. The lowest BCUT2D eigenvalue weighted by molar-refractivity contribution is -0.172. The smallest absolute Gasteiger partial charge is 0.316 e. The molecule has 0 spiro atoms. The molecule has 3 saturated carbocycles. The van der Waals surface area contributed by atoms with Crippen molar-refractivity contribution in [3.8, 4) is 5.75 Å². The summed E-state index contributed by atoms with van der Waals surface area (Å²) in [5.41, 5.74) is 4.01. The second kappa shape index (κ2) is 48.2. The summed E-state index contributed by atoms with van der Waals surface area (Å²) in [6.07, 6.45) is 18.9. The van der Waals surface area contributed by atoms with Gasteiger partial charge in [0.2, 0.25) is 0 Å². The molecule has 0 saturated heterocycles. The van der Waals surface area contributed by atoms with Crippen molar-refractivity contribution < 1.29 is 57.2 Å². The maximum absolute atomic E-state index is 12.6. The van der Waals surface area contributed by atoms with Gasteiger partial charge in [0, 0.05) is 5.92 Å². The largest absolute Gasteiger partial charge is 0.465 e. The Morgan fingerprint density at radius 3 is 1.08 bits per heavy atom. The number of carbonyl (C=O) groups is 6. The van der Waals surface area contributed by atoms with E-state index in [4.69, 9.17) is 28.4 Å². The molecule has 2 aromatic rings. The van der Waals surface area contributed by atoms with E-state index in [2.05, 4.69) is 197 Å². The molecule has 6 unspecified atom stereocenters. The molecule has 0 radical (unpaired) electrons. The summed E-state index contributed by atoms with van der Waals surface area (Å²) in [6.45, 7) is 93.5. The number of esters is 6. The molecule has 676 valence electrons. The summed E-state index contributed by atoms with van der Waals surface area (Å²) < 4.78 is 33.5. The first kappa shape index (κ1) is 113. The fourth-order valence-corrected chi connectivity index (χ4v) is 12.8. The van der Waals surface area contributed by atoms with Crippen LogP contribution >= 0.6 is 0 Å². The molecular weight excluding hydrogens is 1440 g/mol. The van der Waals surface area contributed by atoms with Crippen LogP contribution in [0.1, 0.15) is 454 Å². The van der Waals surface area contributed by atoms with E-state index in [0.717, 1.165) is 83.0 Å². The average molecular weight is 1630 g/mol. The maximum Gasteiger partial charge on any atom is 0.316 e. The van der Waals surface area contributed by atoms with Gasteiger partial charge in [-0.2, -0.15) is 0 Å². The van der Waals surface area contributed by atoms with Crippen molar-refractivity contribution in [3.63, 3.8) is 0 Å². The second-order valence-corrected chi connectivity index (χ2v) is 45.8. The predicted octanol–water partition coefficient (Wildman–Crippen LogP) is 29.9. The zero-order valence-electron chi connectivity index (χ0n) is 84.2. The van der Waals surface area contributed by atoms with Gasteiger partial charge >= 0.3 is 35.8 Å². The minimum Gasteiger partial charge on any atom is -0.465 e. The first-order chi connectivity index (χ1) is 52.3. The van der Waals surface area contributed by atoms with Gasteiger partial charge in [-0.25, -0.2) is 0 Å². The fourth-order valence-electron chi connectivity index (χ4n) is 12.8. The average Bonchev–Trinajstić information content (AvgIpc) is 0.782. The van der Waals surface area contributed by atoms with E-state index in [1.165, 1.54) is 60.8 Å². The lowest BCUT2D eigenvalue weighted by Crippen LogP contribution is -2.47. The van der Waals surface area contributed by atoms with Crippen LogP contribution in [0.4, 0.5) is 0 Å². The zero-order valence-corrected chi connectivity index (χ0v) is 84.2. The van der Waals surface area contributed by atoms with E-state index in [1.54, 1.807) is 0 Å². The van der Waals surface area contributed by atoms with Gasteiger partial charge in [-0.1, -0.05) is 251 Å². The van der Waals surface area contributed by atoms with Crippen LogP contribution in [0.5, 0.6) is 5.75 Å². The van der Waals surface area contributed by atoms with Crippen molar-refractivity contribution in [1.29, 1.82) is 0 Å². The molecule has 12 nitrogen and oxygen atoms in total. The van der Waals surface area contributed by atoms with Crippen molar-refractivity contribution in [2.24, 2.45) is 83.7 Å². The quantitative estimate of drug-likeness (QED) is 0.0625. The van der Waals surface area contributed by atoms with Crippen LogP contribution in [0.3, 0.4) is 0 Å². The molecule has 0 bridgehead atoms. The Labute approximate surface area is 717 Å². The first-order valence-electron chi connectivity index (χ1n) is 45.8. The molecule has 0 aliphatic heterocycles. The SMILES string of the molecule is CCC(C)(C)C(=O)OC(C)C(C)(C)C.CCC(C)(C)C(=O)OC1CC(C)C(C(C)(C)C)CC1C(C)(C)C.CCC(C)(C)C(=O)OC1CCC(C(C)(C)C)CC1.CCC(C)(C)C(=O)OC1CCCCC1.CCC(C)(C)C(=O)OCC(C)C.CCC(C)(C)C(=O)Oc1cc(C(C)(C)C)cc(C(C)(C)C)c1.CCC(C)c1ccc(C(C)C)cc1. The molecule has 2 aromatic carbocycles. The highest BCUT2D eigenvalue weighted by atomic mass is 16.6. The van der Waals surface area contributed by atoms with E-state index >= 15 is 0 Å². The molecular formula is C104H188O12. The number of carbonyl (C=O) groups excluding carboxylic acids is 6. The van der Waals surface area contributed by atoms with Gasteiger partial charge < -0.3 is 28.4 Å². The topological polar surface area (TPSA) is 158 Å². The van der Waals surface area contributed by atoms with Gasteiger partial charge in [-0.3, -0.25) is 28.8 Å². The third-order valence-electron chi connectivity index (χ3n) is 26.0. The van der Waals surface area contributed by atoms with Crippen molar-refractivity contribution >= 4 is 35.8 Å². The standard InChI is InChI=1S/C21H40O2.C20H32O2.C16H30O2.C13H20.C12H22O2.C12H24O2.C10H20O2/c1-11-21(9,10)18(22)23-17-12-14(2)15(19(3,4)5)13-16(17)20(6,7)8;1-10-20(8,9)17(21)22-16-12-14(18(2,3)4)11-15(13-16)19(5,6)7;1-7-16(5,6)14(17)18-13-10-8-12(9-11-13)15(2,3)4;1-5-11(4)13-8-6-12(7-9-13)10(2)3;1-4-12(2,3)11(13)14-10-8-6-5-7-9-10;1-8-12(6,7)10(13)14-9(2)11(3,4)5;1-6-10(4,5)9(11)12-7-8(2)3/h14-17H,11-13H2,1-10H3;11-13H,10H2,1-9H3;12-13H,7-11H2,1-6H3;6-11H,5H2,1-4H3;10H,4-9H2,1-3H3;9H,8H2,1-7H3;8H,6-7H2,1-5H3. The Morgan fingerprint density at radius 1 is 0.388 bits per heavy atom. The van der Waals surface area contributed by atoms with E-state index in [9.17, 15) is 28.8 Å². The van der Waals surface area contributed by atoms with E-state index in [1.807, 2.05) is 151 Å². The highest BCUT2D eigenvalue weighted by Gasteiger charge is 2.47. The van der Waals surface area contributed by atoms with Crippen LogP contribution in [0.25, 0.3) is 0 Å². The van der Waals surface area contributed by atoms with Gasteiger partial charge in [0.15, 0.2) is 0 Å². The Kier molecular flexibility index (Phi) is 47.1. The minimum absolute atomic E-state index is 0.0134. The molecule has 0 N–H and O–H groups in total. The number of ether oxygens (including phenoxy) is 6. The number of hydrogen-bond donors (Lipinski definition) is 0. The predicted molar refractivity (Wildman–Crippen MR) is 492 cm³/mol. The van der Waals surface area contributed by atoms with Crippen LogP contribution in [0.2, 0.25) is 0 Å². The summed E-state index contributed by atoms with van der Waals surface area (Å²) in [4.78, 5) is 71.8. The number of hydrogen-bond acceptors (Lipinski definition) is 12. The highest BCUT2D eigenvalue weighted by molar-refractivity contribution is 5.79. The summed E-state index contributed by atoms with van der Waals surface area (Å²) in [7, 11) is 0. The van der Waals surface area contributed by atoms with Crippen LogP contribution in [-0.2, 0) is 63.3 Å². The summed E-state index contributed by atoms with van der Waals surface area (Å²) >= 11 is 0. The molecule has 6 atom stereocenters. The zero-order chi connectivity index (χ0) is 91.3. The Balaban J connectivity index is 0. The summed E-state index contributed by atoms with van der Waals surface area (Å²) in [6, 6.07) is 15.3. The molecule has 0 amide bonds. The summed E-state index contributed by atoms with van der Waals surface area (Å²) in [5, 5.41) is 0. The molecule has 3 aliphatic rings. The van der Waals surface area contributed by atoms with E-state index in [-0.39, 0.29) is 109 Å². The molecule has 0 aromatic heterocycles. The van der Waals surface area contributed by atoms with Crippen LogP contribution in [0.15, 0.2) is 42.5 Å². The molecule has 5 rings (SSSR count). The third kappa shape index (κ3) is 41.2. The van der Waals surface area contributed by atoms with Crippen molar-refractivity contribution in [2.45, 2.75) is 467 Å². The van der Waals surface area contributed by atoms with Crippen molar-refractivity contribution in [1.82, 2.24) is 0 Å². The Bertz CT molecular complexity index is 3130. The van der Waals surface area contributed by atoms with Gasteiger partial charge in [-0.05, 0) is 302 Å². The normalized spacial score (nSPS) is 19.4. The van der Waals surface area contributed by atoms with Gasteiger partial charge in [0.1, 0.15) is 30.2 Å². The van der Waals surface area contributed by atoms with E-state index in [0.29, 0.717) is 58.7 Å². The third-order valence-corrected chi connectivity index (χ3v) is 26.0. The van der Waals surface area contributed by atoms with Crippen LogP contribution in [0, 0.1) is 83.7 Å². The minimum atomic E-state index is -0.459. The van der Waals surface area contributed by atoms with Gasteiger partial charge in [0.05, 0.1) is 39.1 Å². The molecule has 3 aliphatic carbocycles. The molecule has 3 fully saturated rings. The lowest BCUT2D eigenvalue weighted by Gasteiger charge is -2.49. The molecule has 0 heterocycles. The fraction of sp³-hybridized carbons (Fsp3) is 0.827. The van der Waals surface area contributed by atoms with Gasteiger partial charge in [-0.15, -0.1) is 0 Å². The monoisotopic (exact) mass is 1630 g/mol. The number of rotatable bonds is 22.